The molecule has 0 atom stereocenters. The number of pyridine rings is 2. The molecule has 0 unspecified atom stereocenters. The van der Waals surface area contributed by atoms with E-state index in [4.69, 9.17) is 4.74 Å². The Bertz CT molecular complexity index is 1150. The summed E-state index contributed by atoms with van der Waals surface area (Å²) in [5.41, 5.74) is 3.79. The van der Waals surface area contributed by atoms with Crippen LogP contribution in [0.5, 0.6) is 5.75 Å². The van der Waals surface area contributed by atoms with Gasteiger partial charge in [-0.25, -0.2) is 4.39 Å². The Balaban J connectivity index is 1.65. The first-order valence-corrected chi connectivity index (χ1v) is 9.53. The summed E-state index contributed by atoms with van der Waals surface area (Å²) in [7, 11) is 0. The van der Waals surface area contributed by atoms with Crippen molar-refractivity contribution in [1.82, 2.24) is 9.97 Å². The van der Waals surface area contributed by atoms with Crippen molar-refractivity contribution >= 4 is 5.78 Å². The van der Waals surface area contributed by atoms with Crippen molar-refractivity contribution in [2.24, 2.45) is 0 Å². The third kappa shape index (κ3) is 4.75. The van der Waals surface area contributed by atoms with E-state index in [-0.39, 0.29) is 12.2 Å². The van der Waals surface area contributed by atoms with Gasteiger partial charge < -0.3 is 4.74 Å². The first kappa shape index (κ1) is 19.5. The smallest absolute Gasteiger partial charge is 0.171 e. The van der Waals surface area contributed by atoms with E-state index in [0.29, 0.717) is 23.5 Å². The monoisotopic (exact) mass is 398 g/mol. The van der Waals surface area contributed by atoms with E-state index in [0.717, 1.165) is 22.9 Å². The number of benzene rings is 2. The van der Waals surface area contributed by atoms with Gasteiger partial charge in [-0.1, -0.05) is 36.4 Å². The van der Waals surface area contributed by atoms with Crippen molar-refractivity contribution in [2.75, 3.05) is 0 Å². The molecule has 2 aromatic carbocycles. The number of rotatable bonds is 7. The highest BCUT2D eigenvalue weighted by molar-refractivity contribution is 6.01. The molecule has 148 valence electrons. The van der Waals surface area contributed by atoms with Gasteiger partial charge in [0.05, 0.1) is 11.8 Å². The molecular formula is C25H19FN2O2. The van der Waals surface area contributed by atoms with Gasteiger partial charge in [0.1, 0.15) is 18.2 Å². The van der Waals surface area contributed by atoms with Gasteiger partial charge >= 0.3 is 0 Å². The molecule has 0 saturated carbocycles. The summed E-state index contributed by atoms with van der Waals surface area (Å²) >= 11 is 0. The van der Waals surface area contributed by atoms with E-state index >= 15 is 0 Å². The lowest BCUT2D eigenvalue weighted by Crippen LogP contribution is -2.08. The highest BCUT2D eigenvalue weighted by atomic mass is 19.1. The Morgan fingerprint density at radius 3 is 2.40 bits per heavy atom. The van der Waals surface area contributed by atoms with Crippen molar-refractivity contribution in [3.63, 3.8) is 0 Å². The number of carbonyl (C=O) groups is 1. The van der Waals surface area contributed by atoms with E-state index in [1.54, 1.807) is 18.5 Å². The molecular weight excluding hydrogens is 379 g/mol. The number of Topliss-reactive ketones (excluding diaryl/α,β-unsaturated/α-hetero) is 1. The third-order valence-electron chi connectivity index (χ3n) is 4.66. The zero-order valence-corrected chi connectivity index (χ0v) is 16.2. The SMILES string of the molecule is O=C(Cc1cncc(F)c1)c1cc(-c2ccncc2)ccc1OCc1ccccc1. The van der Waals surface area contributed by atoms with Crippen LogP contribution in [0.2, 0.25) is 0 Å². The standard InChI is InChI=1S/C25H19FN2O2/c26-22-12-19(15-28-16-22)13-24(29)23-14-21(20-8-10-27-11-9-20)6-7-25(23)30-17-18-4-2-1-3-5-18/h1-12,14-16H,13,17H2. The van der Waals surface area contributed by atoms with Crippen LogP contribution in [0, 0.1) is 5.82 Å². The fourth-order valence-electron chi connectivity index (χ4n) is 3.17. The van der Waals surface area contributed by atoms with Gasteiger partial charge in [-0.15, -0.1) is 0 Å². The summed E-state index contributed by atoms with van der Waals surface area (Å²) in [6, 6.07) is 20.3. The normalized spacial score (nSPS) is 10.6. The lowest BCUT2D eigenvalue weighted by atomic mass is 9.98. The first-order chi connectivity index (χ1) is 14.7. The van der Waals surface area contributed by atoms with Crippen LogP contribution in [0.3, 0.4) is 0 Å². The van der Waals surface area contributed by atoms with Crippen LogP contribution in [0.1, 0.15) is 21.5 Å². The number of ether oxygens (including phenoxy) is 1. The number of hydrogen-bond acceptors (Lipinski definition) is 4. The molecule has 0 N–H and O–H groups in total. The number of hydrogen-bond donors (Lipinski definition) is 0. The average molecular weight is 398 g/mol. The molecule has 0 aliphatic heterocycles. The number of ketones is 1. The van der Waals surface area contributed by atoms with E-state index in [2.05, 4.69) is 9.97 Å². The molecule has 5 heteroatoms. The number of aromatic nitrogens is 2. The zero-order valence-electron chi connectivity index (χ0n) is 16.2. The zero-order chi connectivity index (χ0) is 20.8. The van der Waals surface area contributed by atoms with E-state index in [9.17, 15) is 9.18 Å². The maximum absolute atomic E-state index is 13.5. The quantitative estimate of drug-likeness (QED) is 0.397. The summed E-state index contributed by atoms with van der Waals surface area (Å²) in [4.78, 5) is 21.0. The Hall–Kier alpha value is -3.86. The van der Waals surface area contributed by atoms with Crippen LogP contribution in [-0.2, 0) is 13.0 Å². The van der Waals surface area contributed by atoms with Crippen LogP contribution < -0.4 is 4.74 Å². The number of nitrogens with zero attached hydrogens (tertiary/aromatic N) is 2. The molecule has 0 radical (unpaired) electrons. The second-order valence-corrected chi connectivity index (χ2v) is 6.83. The van der Waals surface area contributed by atoms with Crippen molar-refractivity contribution in [3.8, 4) is 16.9 Å². The molecule has 4 rings (SSSR count). The van der Waals surface area contributed by atoms with Crippen molar-refractivity contribution in [1.29, 1.82) is 0 Å². The summed E-state index contributed by atoms with van der Waals surface area (Å²) in [6.45, 7) is 0.344. The minimum Gasteiger partial charge on any atom is -0.488 e. The topological polar surface area (TPSA) is 52.1 Å². The summed E-state index contributed by atoms with van der Waals surface area (Å²) in [5.74, 6) is -0.140. The lowest BCUT2D eigenvalue weighted by Gasteiger charge is -2.13. The van der Waals surface area contributed by atoms with E-state index in [1.807, 2.05) is 54.6 Å². The van der Waals surface area contributed by atoms with Crippen LogP contribution >= 0.6 is 0 Å². The minimum atomic E-state index is -0.466. The fraction of sp³-hybridized carbons (Fsp3) is 0.0800. The largest absolute Gasteiger partial charge is 0.488 e. The van der Waals surface area contributed by atoms with Gasteiger partial charge in [-0.05, 0) is 52.6 Å². The minimum absolute atomic E-state index is 0.0340. The van der Waals surface area contributed by atoms with Gasteiger partial charge in [-0.2, -0.15) is 0 Å². The second-order valence-electron chi connectivity index (χ2n) is 6.83. The highest BCUT2D eigenvalue weighted by Gasteiger charge is 2.16. The number of halogens is 1. The Morgan fingerprint density at radius 1 is 0.833 bits per heavy atom. The third-order valence-corrected chi connectivity index (χ3v) is 4.66. The molecule has 0 saturated heterocycles. The predicted molar refractivity (Wildman–Crippen MR) is 113 cm³/mol. The molecule has 30 heavy (non-hydrogen) atoms. The van der Waals surface area contributed by atoms with Gasteiger partial charge in [0.25, 0.3) is 0 Å². The van der Waals surface area contributed by atoms with Crippen LogP contribution in [0.25, 0.3) is 11.1 Å². The van der Waals surface area contributed by atoms with Gasteiger partial charge in [0.2, 0.25) is 0 Å². The summed E-state index contributed by atoms with van der Waals surface area (Å²) in [6.07, 6.45) is 6.06. The summed E-state index contributed by atoms with van der Waals surface area (Å²) in [5, 5.41) is 0. The maximum atomic E-state index is 13.5. The Morgan fingerprint density at radius 2 is 1.63 bits per heavy atom. The van der Waals surface area contributed by atoms with Crippen LogP contribution in [-0.4, -0.2) is 15.8 Å². The maximum Gasteiger partial charge on any atom is 0.171 e. The molecule has 0 aliphatic rings. The highest BCUT2D eigenvalue weighted by Crippen LogP contribution is 2.28. The molecule has 0 bridgehead atoms. The van der Waals surface area contributed by atoms with Gasteiger partial charge in [0.15, 0.2) is 5.78 Å². The van der Waals surface area contributed by atoms with Gasteiger partial charge in [0, 0.05) is 25.0 Å². The predicted octanol–water partition coefficient (Wildman–Crippen LogP) is 5.29. The molecule has 0 aliphatic carbocycles. The van der Waals surface area contributed by atoms with Gasteiger partial charge in [-0.3, -0.25) is 14.8 Å². The molecule has 2 aromatic heterocycles. The van der Waals surface area contributed by atoms with Crippen LogP contribution in [0.15, 0.2) is 91.5 Å². The lowest BCUT2D eigenvalue weighted by molar-refractivity contribution is 0.0988. The Kier molecular flexibility index (Phi) is 5.90. The molecule has 4 nitrogen and oxygen atoms in total. The van der Waals surface area contributed by atoms with Crippen molar-refractivity contribution < 1.29 is 13.9 Å². The average Bonchev–Trinajstić information content (AvgIpc) is 2.79. The Labute approximate surface area is 174 Å². The number of carbonyl (C=O) groups excluding carboxylic acids is 1. The molecule has 0 spiro atoms. The van der Waals surface area contributed by atoms with Crippen LogP contribution in [0.4, 0.5) is 4.39 Å². The first-order valence-electron chi connectivity index (χ1n) is 9.53. The molecule has 0 fully saturated rings. The fourth-order valence-corrected chi connectivity index (χ4v) is 3.17. The van der Waals surface area contributed by atoms with E-state index in [1.165, 1.54) is 12.3 Å². The molecule has 4 aromatic rings. The van der Waals surface area contributed by atoms with Crippen molar-refractivity contribution in [3.05, 3.63) is 114 Å². The molecule has 0 amide bonds. The van der Waals surface area contributed by atoms with E-state index < -0.39 is 5.82 Å². The second kappa shape index (κ2) is 9.09. The summed E-state index contributed by atoms with van der Waals surface area (Å²) < 4.78 is 19.5. The molecule has 2 heterocycles. The van der Waals surface area contributed by atoms with Crippen molar-refractivity contribution in [2.45, 2.75) is 13.0 Å².